The Morgan fingerprint density at radius 1 is 1.24 bits per heavy atom. The zero-order valence-corrected chi connectivity index (χ0v) is 20.5. The molecule has 1 aromatic carbocycles. The second-order valence-electron chi connectivity index (χ2n) is 7.07. The summed E-state index contributed by atoms with van der Waals surface area (Å²) in [5, 5.41) is 8.00. The van der Waals surface area contributed by atoms with Crippen LogP contribution in [0.25, 0.3) is 0 Å². The summed E-state index contributed by atoms with van der Waals surface area (Å²) in [6.45, 7) is 7.57. The normalized spacial score (nSPS) is 19.4. The standard InChI is InChI=1S/C22H32N4OS.HI/c1-3-19-16-25-20(28-19)12-13-24-22(23-4-2)26-15-18-11-8-14-27-21(18)17-9-6-5-7-10-17;/h5-7,9-10,16,18,21H,3-4,8,11-15H2,1-2H3,(H2,23,24,26);1H. The Morgan fingerprint density at radius 3 is 2.79 bits per heavy atom. The molecule has 3 rings (SSSR count). The molecule has 0 radical (unpaired) electrons. The molecule has 1 aliphatic heterocycles. The molecule has 2 atom stereocenters. The number of halogens is 1. The molecule has 0 spiro atoms. The van der Waals surface area contributed by atoms with Gasteiger partial charge in [-0.25, -0.2) is 4.98 Å². The van der Waals surface area contributed by atoms with Gasteiger partial charge in [0.1, 0.15) is 0 Å². The van der Waals surface area contributed by atoms with Crippen molar-refractivity contribution in [2.45, 2.75) is 45.6 Å². The van der Waals surface area contributed by atoms with Crippen LogP contribution in [0.4, 0.5) is 0 Å². The minimum absolute atomic E-state index is 0. The van der Waals surface area contributed by atoms with E-state index in [9.17, 15) is 0 Å². The van der Waals surface area contributed by atoms with Gasteiger partial charge < -0.3 is 15.4 Å². The summed E-state index contributed by atoms with van der Waals surface area (Å²) in [5.41, 5.74) is 1.26. The van der Waals surface area contributed by atoms with Gasteiger partial charge in [0.15, 0.2) is 5.96 Å². The zero-order valence-electron chi connectivity index (χ0n) is 17.4. The van der Waals surface area contributed by atoms with Crippen molar-refractivity contribution in [3.05, 3.63) is 52.0 Å². The molecule has 0 bridgehead atoms. The molecule has 2 heterocycles. The highest BCUT2D eigenvalue weighted by Gasteiger charge is 2.27. The third-order valence-corrected chi connectivity index (χ3v) is 6.18. The minimum Gasteiger partial charge on any atom is -0.373 e. The van der Waals surface area contributed by atoms with Gasteiger partial charge in [-0.2, -0.15) is 0 Å². The highest BCUT2D eigenvalue weighted by molar-refractivity contribution is 14.0. The molecule has 0 aliphatic carbocycles. The molecule has 0 amide bonds. The number of guanidine groups is 1. The average Bonchev–Trinajstić information content (AvgIpc) is 3.21. The van der Waals surface area contributed by atoms with Crippen molar-refractivity contribution in [2.24, 2.45) is 10.9 Å². The summed E-state index contributed by atoms with van der Waals surface area (Å²) in [5.74, 6) is 1.30. The van der Waals surface area contributed by atoms with E-state index in [0.29, 0.717) is 5.92 Å². The topological polar surface area (TPSA) is 58.5 Å². The number of rotatable bonds is 8. The summed E-state index contributed by atoms with van der Waals surface area (Å²) < 4.78 is 6.10. The molecule has 29 heavy (non-hydrogen) atoms. The number of aliphatic imine (C=N–C) groups is 1. The molecule has 1 fully saturated rings. The molecule has 1 saturated heterocycles. The van der Waals surface area contributed by atoms with Crippen molar-refractivity contribution in [3.63, 3.8) is 0 Å². The Labute approximate surface area is 195 Å². The fraction of sp³-hybridized carbons (Fsp3) is 0.545. The maximum Gasteiger partial charge on any atom is 0.191 e. The summed E-state index contributed by atoms with van der Waals surface area (Å²) in [6.07, 6.45) is 6.38. The Bertz CT molecular complexity index is 737. The number of ether oxygens (including phenoxy) is 1. The van der Waals surface area contributed by atoms with Crippen molar-refractivity contribution in [2.75, 3.05) is 26.2 Å². The summed E-state index contributed by atoms with van der Waals surface area (Å²) in [6, 6.07) is 10.5. The SMILES string of the molecule is CCNC(=NCC1CCCOC1c1ccccc1)NCCc1ncc(CC)s1.I. The molecule has 7 heteroatoms. The van der Waals surface area contributed by atoms with Crippen LogP contribution in [0, 0.1) is 5.92 Å². The maximum atomic E-state index is 6.10. The molecule has 1 aromatic heterocycles. The van der Waals surface area contributed by atoms with E-state index in [1.165, 1.54) is 15.4 Å². The molecule has 5 nitrogen and oxygen atoms in total. The minimum atomic E-state index is 0. The highest BCUT2D eigenvalue weighted by atomic mass is 127. The van der Waals surface area contributed by atoms with Crippen LogP contribution in [0.5, 0.6) is 0 Å². The van der Waals surface area contributed by atoms with E-state index in [-0.39, 0.29) is 30.1 Å². The van der Waals surface area contributed by atoms with Crippen molar-refractivity contribution >= 4 is 41.3 Å². The second-order valence-corrected chi connectivity index (χ2v) is 8.27. The van der Waals surface area contributed by atoms with Crippen LogP contribution in [-0.4, -0.2) is 37.2 Å². The van der Waals surface area contributed by atoms with Crippen molar-refractivity contribution in [3.8, 4) is 0 Å². The fourth-order valence-corrected chi connectivity index (χ4v) is 4.37. The van der Waals surface area contributed by atoms with E-state index in [4.69, 9.17) is 9.73 Å². The van der Waals surface area contributed by atoms with Gasteiger partial charge in [-0.3, -0.25) is 4.99 Å². The lowest BCUT2D eigenvalue weighted by Gasteiger charge is -2.31. The third-order valence-electron chi connectivity index (χ3n) is 4.98. The van der Waals surface area contributed by atoms with Gasteiger partial charge >= 0.3 is 0 Å². The number of aryl methyl sites for hydroxylation is 1. The van der Waals surface area contributed by atoms with E-state index in [0.717, 1.165) is 57.9 Å². The van der Waals surface area contributed by atoms with Gasteiger partial charge in [-0.1, -0.05) is 37.3 Å². The molecule has 160 valence electrons. The first-order chi connectivity index (χ1) is 13.8. The van der Waals surface area contributed by atoms with Gasteiger partial charge in [0.05, 0.1) is 11.1 Å². The van der Waals surface area contributed by atoms with Crippen molar-refractivity contribution in [1.29, 1.82) is 0 Å². The van der Waals surface area contributed by atoms with Crippen LogP contribution in [0.15, 0.2) is 41.5 Å². The summed E-state index contributed by atoms with van der Waals surface area (Å²) in [7, 11) is 0. The van der Waals surface area contributed by atoms with Gasteiger partial charge in [-0.15, -0.1) is 35.3 Å². The van der Waals surface area contributed by atoms with Crippen LogP contribution in [-0.2, 0) is 17.6 Å². The first-order valence-corrected chi connectivity index (χ1v) is 11.2. The predicted octanol–water partition coefficient (Wildman–Crippen LogP) is 4.59. The summed E-state index contributed by atoms with van der Waals surface area (Å²) >= 11 is 1.80. The van der Waals surface area contributed by atoms with E-state index >= 15 is 0 Å². The second kappa shape index (κ2) is 13.2. The Balaban J connectivity index is 0.00000300. The molecular weight excluding hydrogens is 495 g/mol. The molecule has 1 aliphatic rings. The highest BCUT2D eigenvalue weighted by Crippen LogP contribution is 2.33. The quantitative estimate of drug-likeness (QED) is 0.299. The maximum absolute atomic E-state index is 6.10. The third kappa shape index (κ3) is 7.53. The van der Waals surface area contributed by atoms with Gasteiger partial charge in [0.25, 0.3) is 0 Å². The molecular formula is C22H33IN4OS. The van der Waals surface area contributed by atoms with E-state index < -0.39 is 0 Å². The lowest BCUT2D eigenvalue weighted by atomic mass is 9.89. The number of thiazole rings is 1. The van der Waals surface area contributed by atoms with Crippen molar-refractivity contribution < 1.29 is 4.74 Å². The van der Waals surface area contributed by atoms with E-state index in [2.05, 4.69) is 59.8 Å². The number of aromatic nitrogens is 1. The summed E-state index contributed by atoms with van der Waals surface area (Å²) in [4.78, 5) is 10.7. The van der Waals surface area contributed by atoms with Crippen LogP contribution in [0.3, 0.4) is 0 Å². The Hall–Kier alpha value is -1.19. The van der Waals surface area contributed by atoms with Crippen LogP contribution >= 0.6 is 35.3 Å². The number of hydrogen-bond donors (Lipinski definition) is 2. The molecule has 0 saturated carbocycles. The molecule has 2 unspecified atom stereocenters. The lowest BCUT2D eigenvalue weighted by Crippen LogP contribution is -2.39. The number of benzene rings is 1. The zero-order chi connectivity index (χ0) is 19.6. The Kier molecular flexibility index (Phi) is 10.9. The predicted molar refractivity (Wildman–Crippen MR) is 132 cm³/mol. The largest absolute Gasteiger partial charge is 0.373 e. The van der Waals surface area contributed by atoms with Crippen molar-refractivity contribution in [1.82, 2.24) is 15.6 Å². The lowest BCUT2D eigenvalue weighted by molar-refractivity contribution is -0.0250. The van der Waals surface area contributed by atoms with Crippen LogP contribution in [0.1, 0.15) is 48.2 Å². The smallest absolute Gasteiger partial charge is 0.191 e. The van der Waals surface area contributed by atoms with Crippen LogP contribution < -0.4 is 10.6 Å². The number of nitrogens with one attached hydrogen (secondary N) is 2. The van der Waals surface area contributed by atoms with Gasteiger partial charge in [0, 0.05) is 49.7 Å². The Morgan fingerprint density at radius 2 is 2.07 bits per heavy atom. The van der Waals surface area contributed by atoms with Crippen LogP contribution in [0.2, 0.25) is 0 Å². The van der Waals surface area contributed by atoms with Gasteiger partial charge in [-0.05, 0) is 31.7 Å². The van der Waals surface area contributed by atoms with E-state index in [1.54, 1.807) is 11.3 Å². The average molecular weight is 529 g/mol. The number of hydrogen-bond acceptors (Lipinski definition) is 4. The fourth-order valence-electron chi connectivity index (χ4n) is 3.51. The number of nitrogens with zero attached hydrogens (tertiary/aromatic N) is 2. The molecule has 2 N–H and O–H groups in total. The first-order valence-electron chi connectivity index (χ1n) is 10.4. The molecule has 2 aromatic rings. The van der Waals surface area contributed by atoms with E-state index in [1.807, 2.05) is 6.20 Å². The first kappa shape index (κ1) is 24.1. The monoisotopic (exact) mass is 528 g/mol. The van der Waals surface area contributed by atoms with Gasteiger partial charge in [0.2, 0.25) is 0 Å².